The van der Waals surface area contributed by atoms with E-state index in [0.29, 0.717) is 5.69 Å². The maximum atomic E-state index is 12.3. The van der Waals surface area contributed by atoms with Gasteiger partial charge in [0.15, 0.2) is 0 Å². The Labute approximate surface area is 124 Å². The normalized spacial score (nSPS) is 10.9. The summed E-state index contributed by atoms with van der Waals surface area (Å²) in [7, 11) is 0. The first-order valence-corrected chi connectivity index (χ1v) is 7.11. The lowest BCUT2D eigenvalue weighted by atomic mass is 10.1. The van der Waals surface area contributed by atoms with Gasteiger partial charge in [-0.3, -0.25) is 9.48 Å². The van der Waals surface area contributed by atoms with Gasteiger partial charge in [0.2, 0.25) is 0 Å². The fourth-order valence-corrected chi connectivity index (χ4v) is 2.24. The molecule has 1 heterocycles. The highest BCUT2D eigenvalue weighted by Crippen LogP contribution is 2.22. The van der Waals surface area contributed by atoms with Crippen LogP contribution < -0.4 is 5.32 Å². The Hall–Kier alpha value is -2.30. The van der Waals surface area contributed by atoms with Crippen LogP contribution in [0, 0.1) is 6.92 Å². The number of aromatic hydroxyl groups is 1. The van der Waals surface area contributed by atoms with Gasteiger partial charge in [0, 0.05) is 6.04 Å². The zero-order valence-corrected chi connectivity index (χ0v) is 12.8. The molecule has 0 fully saturated rings. The summed E-state index contributed by atoms with van der Waals surface area (Å²) in [4.78, 5) is 12.3. The Morgan fingerprint density at radius 2 is 2.14 bits per heavy atom. The van der Waals surface area contributed by atoms with Crippen LogP contribution in [0.2, 0.25) is 0 Å². The number of hydrogen-bond donors (Lipinski definition) is 2. The van der Waals surface area contributed by atoms with E-state index in [9.17, 15) is 9.90 Å². The first-order chi connectivity index (χ1) is 9.93. The Bertz CT molecular complexity index is 660. The average Bonchev–Trinajstić information content (AvgIpc) is 2.80. The van der Waals surface area contributed by atoms with Crippen molar-refractivity contribution in [2.24, 2.45) is 0 Å². The van der Waals surface area contributed by atoms with E-state index in [-0.39, 0.29) is 23.3 Å². The van der Waals surface area contributed by atoms with E-state index in [1.807, 2.05) is 38.4 Å². The number of aryl methyl sites for hydroxylation is 1. The van der Waals surface area contributed by atoms with Crippen LogP contribution >= 0.6 is 0 Å². The van der Waals surface area contributed by atoms with Crippen LogP contribution in [0.25, 0.3) is 0 Å². The van der Waals surface area contributed by atoms with E-state index in [4.69, 9.17) is 0 Å². The standard InChI is InChI=1S/C16H21N3O2/c1-5-12-6-7-15(20)13(8-12)16(21)18-14-9-17-19(10(2)3)11(14)4/h6-10,20H,5H2,1-4H3,(H,18,21). The summed E-state index contributed by atoms with van der Waals surface area (Å²) in [5, 5.41) is 16.9. The monoisotopic (exact) mass is 287 g/mol. The quantitative estimate of drug-likeness (QED) is 0.906. The molecule has 1 aromatic heterocycles. The second-order valence-electron chi connectivity index (χ2n) is 5.34. The second-order valence-corrected chi connectivity index (χ2v) is 5.34. The van der Waals surface area contributed by atoms with Gasteiger partial charge in [-0.25, -0.2) is 0 Å². The number of carbonyl (C=O) groups excluding carboxylic acids is 1. The van der Waals surface area contributed by atoms with E-state index < -0.39 is 0 Å². The molecule has 0 atom stereocenters. The van der Waals surface area contributed by atoms with Crippen molar-refractivity contribution < 1.29 is 9.90 Å². The van der Waals surface area contributed by atoms with E-state index in [1.54, 1.807) is 18.3 Å². The van der Waals surface area contributed by atoms with Gasteiger partial charge < -0.3 is 10.4 Å². The maximum absolute atomic E-state index is 12.3. The molecule has 0 aliphatic heterocycles. The highest BCUT2D eigenvalue weighted by atomic mass is 16.3. The van der Waals surface area contributed by atoms with Gasteiger partial charge in [0.1, 0.15) is 5.75 Å². The van der Waals surface area contributed by atoms with Gasteiger partial charge in [-0.05, 0) is 44.9 Å². The van der Waals surface area contributed by atoms with Crippen molar-refractivity contribution in [1.29, 1.82) is 0 Å². The van der Waals surface area contributed by atoms with Crippen LogP contribution in [0.5, 0.6) is 5.75 Å². The molecule has 21 heavy (non-hydrogen) atoms. The molecule has 0 saturated heterocycles. The summed E-state index contributed by atoms with van der Waals surface area (Å²) in [6.07, 6.45) is 2.44. The molecule has 0 spiro atoms. The van der Waals surface area contributed by atoms with Crippen molar-refractivity contribution in [3.63, 3.8) is 0 Å². The smallest absolute Gasteiger partial charge is 0.259 e. The van der Waals surface area contributed by atoms with Gasteiger partial charge in [-0.15, -0.1) is 0 Å². The summed E-state index contributed by atoms with van der Waals surface area (Å²) in [5.74, 6) is -0.340. The van der Waals surface area contributed by atoms with Crippen molar-refractivity contribution >= 4 is 11.6 Å². The van der Waals surface area contributed by atoms with Crippen LogP contribution in [-0.4, -0.2) is 20.8 Å². The Balaban J connectivity index is 2.26. The number of rotatable bonds is 4. The predicted molar refractivity (Wildman–Crippen MR) is 82.8 cm³/mol. The molecule has 2 N–H and O–H groups in total. The predicted octanol–water partition coefficient (Wildman–Crippen LogP) is 3.29. The molecule has 112 valence electrons. The van der Waals surface area contributed by atoms with Crippen LogP contribution in [0.15, 0.2) is 24.4 Å². The minimum atomic E-state index is -0.325. The fourth-order valence-electron chi connectivity index (χ4n) is 2.24. The van der Waals surface area contributed by atoms with Gasteiger partial charge in [0.05, 0.1) is 23.1 Å². The molecule has 2 aromatic rings. The van der Waals surface area contributed by atoms with Crippen molar-refractivity contribution in [2.75, 3.05) is 5.32 Å². The molecule has 0 radical (unpaired) electrons. The first-order valence-electron chi connectivity index (χ1n) is 7.11. The fraction of sp³-hybridized carbons (Fsp3) is 0.375. The number of phenolic OH excluding ortho intramolecular Hbond substituents is 1. The first kappa shape index (κ1) is 15.1. The summed E-state index contributed by atoms with van der Waals surface area (Å²) < 4.78 is 1.85. The van der Waals surface area contributed by atoms with Gasteiger partial charge in [0.25, 0.3) is 5.91 Å². The Kier molecular flexibility index (Phi) is 4.31. The average molecular weight is 287 g/mol. The molecular formula is C16H21N3O2. The van der Waals surface area contributed by atoms with E-state index in [1.165, 1.54) is 0 Å². The topological polar surface area (TPSA) is 67.2 Å². The Morgan fingerprint density at radius 3 is 2.71 bits per heavy atom. The molecule has 0 aliphatic carbocycles. The lowest BCUT2D eigenvalue weighted by molar-refractivity contribution is 0.102. The molecule has 0 aliphatic rings. The lowest BCUT2D eigenvalue weighted by Crippen LogP contribution is -2.13. The summed E-state index contributed by atoms with van der Waals surface area (Å²) in [6, 6.07) is 5.31. The molecule has 0 unspecified atom stereocenters. The van der Waals surface area contributed by atoms with Crippen LogP contribution in [0.1, 0.15) is 48.4 Å². The SMILES string of the molecule is CCc1ccc(O)c(C(=O)Nc2cnn(C(C)C)c2C)c1. The number of carbonyl (C=O) groups is 1. The van der Waals surface area contributed by atoms with Crippen LogP contribution in [-0.2, 0) is 6.42 Å². The molecule has 5 heteroatoms. The van der Waals surface area contributed by atoms with Crippen molar-refractivity contribution in [3.8, 4) is 5.75 Å². The second kappa shape index (κ2) is 5.99. The third-order valence-corrected chi connectivity index (χ3v) is 3.50. The summed E-state index contributed by atoms with van der Waals surface area (Å²) in [5.41, 5.74) is 2.85. The number of amides is 1. The zero-order valence-electron chi connectivity index (χ0n) is 12.8. The molecule has 1 amide bonds. The molecule has 2 rings (SSSR count). The number of benzene rings is 1. The van der Waals surface area contributed by atoms with Crippen LogP contribution in [0.4, 0.5) is 5.69 Å². The summed E-state index contributed by atoms with van der Waals surface area (Å²) >= 11 is 0. The minimum Gasteiger partial charge on any atom is -0.507 e. The maximum Gasteiger partial charge on any atom is 0.259 e. The van der Waals surface area contributed by atoms with Gasteiger partial charge >= 0.3 is 0 Å². The van der Waals surface area contributed by atoms with E-state index >= 15 is 0 Å². The number of nitrogens with zero attached hydrogens (tertiary/aromatic N) is 2. The number of nitrogens with one attached hydrogen (secondary N) is 1. The summed E-state index contributed by atoms with van der Waals surface area (Å²) in [6.45, 7) is 7.97. The molecule has 5 nitrogen and oxygen atoms in total. The van der Waals surface area contributed by atoms with Crippen molar-refractivity contribution in [1.82, 2.24) is 9.78 Å². The molecule has 1 aromatic carbocycles. The molecular weight excluding hydrogens is 266 g/mol. The van der Waals surface area contributed by atoms with Crippen molar-refractivity contribution in [3.05, 3.63) is 41.2 Å². The lowest BCUT2D eigenvalue weighted by Gasteiger charge is -2.10. The van der Waals surface area contributed by atoms with E-state index in [0.717, 1.165) is 17.7 Å². The highest BCUT2D eigenvalue weighted by molar-refractivity contribution is 6.06. The number of phenols is 1. The third kappa shape index (κ3) is 3.07. The minimum absolute atomic E-state index is 0.0152. The van der Waals surface area contributed by atoms with Gasteiger partial charge in [-0.1, -0.05) is 13.0 Å². The number of anilines is 1. The Morgan fingerprint density at radius 1 is 1.43 bits per heavy atom. The van der Waals surface area contributed by atoms with Crippen molar-refractivity contribution in [2.45, 2.75) is 40.2 Å². The van der Waals surface area contributed by atoms with Crippen LogP contribution in [0.3, 0.4) is 0 Å². The van der Waals surface area contributed by atoms with E-state index in [2.05, 4.69) is 10.4 Å². The van der Waals surface area contributed by atoms with Gasteiger partial charge in [-0.2, -0.15) is 5.10 Å². The largest absolute Gasteiger partial charge is 0.507 e. The molecule has 0 saturated carbocycles. The number of hydrogen-bond acceptors (Lipinski definition) is 3. The highest BCUT2D eigenvalue weighted by Gasteiger charge is 2.15. The molecule has 0 bridgehead atoms. The third-order valence-electron chi connectivity index (χ3n) is 3.50. The zero-order chi connectivity index (χ0) is 15.6. The number of aromatic nitrogens is 2.